The second kappa shape index (κ2) is 5.71. The molecule has 5 heteroatoms. The van der Waals surface area contributed by atoms with Gasteiger partial charge in [-0.1, -0.05) is 0 Å². The molecule has 0 aliphatic rings. The third-order valence-corrected chi connectivity index (χ3v) is 2.20. The lowest BCUT2D eigenvalue weighted by molar-refractivity contribution is 0.0767. The van der Waals surface area contributed by atoms with E-state index in [1.54, 1.807) is 17.0 Å². The highest BCUT2D eigenvalue weighted by Crippen LogP contribution is 2.06. The Morgan fingerprint density at radius 2 is 2.38 bits per heavy atom. The Balaban J connectivity index is 2.75. The molecular formula is C11H14N4O. The average Bonchev–Trinajstić information content (AvgIpc) is 2.30. The highest BCUT2D eigenvalue weighted by molar-refractivity contribution is 5.94. The third kappa shape index (κ3) is 2.95. The van der Waals surface area contributed by atoms with E-state index >= 15 is 0 Å². The lowest BCUT2D eigenvalue weighted by Crippen LogP contribution is -2.31. The van der Waals surface area contributed by atoms with Crippen LogP contribution in [-0.4, -0.2) is 28.9 Å². The molecule has 1 heterocycles. The number of amides is 1. The molecule has 0 unspecified atom stereocenters. The van der Waals surface area contributed by atoms with Gasteiger partial charge in [0, 0.05) is 19.3 Å². The Hall–Kier alpha value is -2.09. The molecule has 1 rings (SSSR count). The number of pyridine rings is 1. The first-order valence-corrected chi connectivity index (χ1v) is 5.06. The van der Waals surface area contributed by atoms with Crippen LogP contribution >= 0.6 is 0 Å². The van der Waals surface area contributed by atoms with Gasteiger partial charge < -0.3 is 10.6 Å². The maximum atomic E-state index is 11.9. The molecule has 0 saturated carbocycles. The van der Waals surface area contributed by atoms with Crippen LogP contribution in [-0.2, 0) is 0 Å². The van der Waals surface area contributed by atoms with Crippen molar-refractivity contribution >= 4 is 11.7 Å². The van der Waals surface area contributed by atoms with Crippen LogP contribution < -0.4 is 5.73 Å². The summed E-state index contributed by atoms with van der Waals surface area (Å²) in [6.07, 6.45) is 1.79. The van der Waals surface area contributed by atoms with Gasteiger partial charge in [-0.05, 0) is 19.1 Å². The Kier molecular flexibility index (Phi) is 4.28. The number of rotatable bonds is 4. The van der Waals surface area contributed by atoms with Crippen LogP contribution in [0.2, 0.25) is 0 Å². The van der Waals surface area contributed by atoms with Crippen molar-refractivity contribution < 1.29 is 4.79 Å². The van der Waals surface area contributed by atoms with Crippen molar-refractivity contribution in [3.8, 4) is 6.07 Å². The highest BCUT2D eigenvalue weighted by atomic mass is 16.2. The third-order valence-electron chi connectivity index (χ3n) is 2.20. The molecule has 0 radical (unpaired) electrons. The van der Waals surface area contributed by atoms with Gasteiger partial charge in [-0.2, -0.15) is 5.26 Å². The van der Waals surface area contributed by atoms with Gasteiger partial charge in [0.25, 0.3) is 5.91 Å². The van der Waals surface area contributed by atoms with Gasteiger partial charge in [0.2, 0.25) is 0 Å². The molecule has 84 valence electrons. The van der Waals surface area contributed by atoms with E-state index in [1.807, 2.05) is 13.0 Å². The Morgan fingerprint density at radius 3 is 2.88 bits per heavy atom. The van der Waals surface area contributed by atoms with Crippen LogP contribution in [0.15, 0.2) is 18.3 Å². The summed E-state index contributed by atoms with van der Waals surface area (Å²) < 4.78 is 0. The molecule has 0 aliphatic carbocycles. The van der Waals surface area contributed by atoms with Crippen LogP contribution in [0.4, 0.5) is 5.82 Å². The molecule has 0 atom stereocenters. The van der Waals surface area contributed by atoms with Crippen molar-refractivity contribution in [3.63, 3.8) is 0 Å². The minimum Gasteiger partial charge on any atom is -0.384 e. The molecule has 0 spiro atoms. The molecule has 2 N–H and O–H groups in total. The summed E-state index contributed by atoms with van der Waals surface area (Å²) in [6.45, 7) is 2.89. The van der Waals surface area contributed by atoms with Crippen molar-refractivity contribution in [1.29, 1.82) is 5.26 Å². The maximum absolute atomic E-state index is 11.9. The van der Waals surface area contributed by atoms with Gasteiger partial charge in [-0.25, -0.2) is 4.98 Å². The van der Waals surface area contributed by atoms with E-state index in [-0.39, 0.29) is 5.91 Å². The molecular weight excluding hydrogens is 204 g/mol. The summed E-state index contributed by atoms with van der Waals surface area (Å²) in [4.78, 5) is 17.4. The zero-order valence-corrected chi connectivity index (χ0v) is 9.18. The monoisotopic (exact) mass is 218 g/mol. The van der Waals surface area contributed by atoms with Crippen LogP contribution in [0, 0.1) is 11.3 Å². The number of anilines is 1. The standard InChI is InChI=1S/C11H14N4O/c1-2-15(7-3-6-12)11(16)9-4-5-10(13)14-8-9/h4-5,8H,2-3,7H2,1H3,(H2,13,14). The lowest BCUT2D eigenvalue weighted by atomic mass is 10.2. The number of aromatic nitrogens is 1. The smallest absolute Gasteiger partial charge is 0.255 e. The van der Waals surface area contributed by atoms with E-state index in [1.165, 1.54) is 6.20 Å². The van der Waals surface area contributed by atoms with Gasteiger partial charge in [0.05, 0.1) is 18.1 Å². The molecule has 1 aromatic heterocycles. The minimum atomic E-state index is -0.120. The van der Waals surface area contributed by atoms with Gasteiger partial charge in [-0.15, -0.1) is 0 Å². The molecule has 0 aliphatic heterocycles. The second-order valence-electron chi connectivity index (χ2n) is 3.26. The Labute approximate surface area is 94.5 Å². The van der Waals surface area contributed by atoms with Crippen LogP contribution in [0.1, 0.15) is 23.7 Å². The first-order valence-electron chi connectivity index (χ1n) is 5.06. The predicted molar refractivity (Wildman–Crippen MR) is 60.5 cm³/mol. The Bertz CT molecular complexity index is 393. The molecule has 1 amide bonds. The number of carbonyl (C=O) groups is 1. The van der Waals surface area contributed by atoms with Gasteiger partial charge >= 0.3 is 0 Å². The summed E-state index contributed by atoms with van der Waals surface area (Å²) in [7, 11) is 0. The van der Waals surface area contributed by atoms with E-state index in [9.17, 15) is 4.79 Å². The number of nitrogens with zero attached hydrogens (tertiary/aromatic N) is 3. The Morgan fingerprint density at radius 1 is 1.62 bits per heavy atom. The van der Waals surface area contributed by atoms with Gasteiger partial charge in [0.15, 0.2) is 0 Å². The van der Waals surface area contributed by atoms with E-state index in [4.69, 9.17) is 11.0 Å². The number of nitrogens with two attached hydrogens (primary N) is 1. The molecule has 0 bridgehead atoms. The normalized spacial score (nSPS) is 9.50. The quantitative estimate of drug-likeness (QED) is 0.818. The lowest BCUT2D eigenvalue weighted by Gasteiger charge is -2.19. The number of carbonyl (C=O) groups excluding carboxylic acids is 1. The number of hydrogen-bond donors (Lipinski definition) is 1. The second-order valence-corrected chi connectivity index (χ2v) is 3.26. The molecule has 0 saturated heterocycles. The number of nitriles is 1. The molecule has 16 heavy (non-hydrogen) atoms. The van der Waals surface area contributed by atoms with E-state index in [0.717, 1.165) is 0 Å². The zero-order valence-electron chi connectivity index (χ0n) is 9.18. The van der Waals surface area contributed by atoms with E-state index < -0.39 is 0 Å². The molecule has 0 aromatic carbocycles. The van der Waals surface area contributed by atoms with Crippen LogP contribution in [0.3, 0.4) is 0 Å². The fraction of sp³-hybridized carbons (Fsp3) is 0.364. The van der Waals surface area contributed by atoms with Crippen molar-refractivity contribution in [2.75, 3.05) is 18.8 Å². The first kappa shape index (κ1) is 12.0. The minimum absolute atomic E-state index is 0.120. The summed E-state index contributed by atoms with van der Waals surface area (Å²) in [5.74, 6) is 0.266. The molecule has 0 fully saturated rings. The van der Waals surface area contributed by atoms with Crippen molar-refractivity contribution in [2.24, 2.45) is 0 Å². The summed E-state index contributed by atoms with van der Waals surface area (Å²) in [5, 5.41) is 8.48. The van der Waals surface area contributed by atoms with Gasteiger partial charge in [-0.3, -0.25) is 4.79 Å². The highest BCUT2D eigenvalue weighted by Gasteiger charge is 2.13. The summed E-state index contributed by atoms with van der Waals surface area (Å²) >= 11 is 0. The fourth-order valence-electron chi connectivity index (χ4n) is 1.30. The first-order chi connectivity index (χ1) is 7.69. The predicted octanol–water partition coefficient (Wildman–Crippen LogP) is 1.04. The fourth-order valence-corrected chi connectivity index (χ4v) is 1.30. The maximum Gasteiger partial charge on any atom is 0.255 e. The van der Waals surface area contributed by atoms with Crippen LogP contribution in [0.5, 0.6) is 0 Å². The van der Waals surface area contributed by atoms with Crippen molar-refractivity contribution in [3.05, 3.63) is 23.9 Å². The largest absolute Gasteiger partial charge is 0.384 e. The average molecular weight is 218 g/mol. The van der Waals surface area contributed by atoms with E-state index in [2.05, 4.69) is 4.98 Å². The van der Waals surface area contributed by atoms with Gasteiger partial charge in [0.1, 0.15) is 5.82 Å². The number of hydrogen-bond acceptors (Lipinski definition) is 4. The van der Waals surface area contributed by atoms with Crippen molar-refractivity contribution in [1.82, 2.24) is 9.88 Å². The molecule has 1 aromatic rings. The van der Waals surface area contributed by atoms with Crippen molar-refractivity contribution in [2.45, 2.75) is 13.3 Å². The van der Waals surface area contributed by atoms with Crippen LogP contribution in [0.25, 0.3) is 0 Å². The SMILES string of the molecule is CCN(CCC#N)C(=O)c1ccc(N)nc1. The summed E-state index contributed by atoms with van der Waals surface area (Å²) in [5.41, 5.74) is 5.93. The number of nitrogen functional groups attached to an aromatic ring is 1. The van der Waals surface area contributed by atoms with E-state index in [0.29, 0.717) is 30.9 Å². The zero-order chi connectivity index (χ0) is 12.0. The summed E-state index contributed by atoms with van der Waals surface area (Å²) in [6, 6.07) is 5.25. The molecule has 5 nitrogen and oxygen atoms in total. The topological polar surface area (TPSA) is 83.0 Å².